The molecule has 0 N–H and O–H groups in total. The van der Waals surface area contributed by atoms with Crippen molar-refractivity contribution in [1.82, 2.24) is 0 Å². The maximum absolute atomic E-state index is 11.0. The monoisotopic (exact) mass is 201 g/mol. The Morgan fingerprint density at radius 2 is 2.07 bits per heavy atom. The lowest BCUT2D eigenvalue weighted by atomic mass is 10.3. The van der Waals surface area contributed by atoms with Crippen LogP contribution in [-0.2, 0) is 19.2 Å². The van der Waals surface area contributed by atoms with Crippen LogP contribution in [0.3, 0.4) is 0 Å². The van der Waals surface area contributed by atoms with Gasteiger partial charge >= 0.3 is 5.97 Å². The highest BCUT2D eigenvalue weighted by molar-refractivity contribution is 6.31. The molecule has 0 saturated heterocycles. The zero-order valence-corrected chi connectivity index (χ0v) is 8.65. The molecule has 80 valence electrons. The third-order valence-electron chi connectivity index (χ3n) is 1.09. The van der Waals surface area contributed by atoms with Crippen molar-refractivity contribution in [3.63, 3.8) is 0 Å². The van der Waals surface area contributed by atoms with Crippen LogP contribution in [0.1, 0.15) is 27.2 Å². The third kappa shape index (κ3) is 7.27. The van der Waals surface area contributed by atoms with Crippen LogP contribution in [-0.4, -0.2) is 30.7 Å². The van der Waals surface area contributed by atoms with E-state index in [4.69, 9.17) is 4.84 Å². The fourth-order valence-corrected chi connectivity index (χ4v) is 0.611. The van der Waals surface area contributed by atoms with Gasteiger partial charge in [-0.3, -0.25) is 9.59 Å². The number of hydrogen-bond donors (Lipinski definition) is 0. The van der Waals surface area contributed by atoms with Gasteiger partial charge in [0.1, 0.15) is 18.7 Å². The van der Waals surface area contributed by atoms with E-state index in [1.807, 2.05) is 0 Å². The quantitative estimate of drug-likeness (QED) is 0.277. The van der Waals surface area contributed by atoms with Gasteiger partial charge in [0.05, 0.1) is 6.61 Å². The number of nitrogens with zero attached hydrogens (tertiary/aromatic N) is 1. The summed E-state index contributed by atoms with van der Waals surface area (Å²) >= 11 is 0. The molecule has 0 spiro atoms. The summed E-state index contributed by atoms with van der Waals surface area (Å²) in [5.74, 6) is -0.974. The van der Waals surface area contributed by atoms with E-state index in [1.54, 1.807) is 20.8 Å². The molecule has 0 rings (SSSR count). The number of oxime groups is 1. The van der Waals surface area contributed by atoms with Crippen LogP contribution in [0.2, 0.25) is 0 Å². The molecule has 0 radical (unpaired) electrons. The molecular formula is C9H15NO4. The summed E-state index contributed by atoms with van der Waals surface area (Å²) in [6.07, 6.45) is 0.608. The lowest BCUT2D eigenvalue weighted by Crippen LogP contribution is -2.12. The van der Waals surface area contributed by atoms with Crippen molar-refractivity contribution in [2.24, 2.45) is 5.16 Å². The molecule has 0 heterocycles. The average Bonchev–Trinajstić information content (AvgIpc) is 2.03. The third-order valence-corrected chi connectivity index (χ3v) is 1.09. The van der Waals surface area contributed by atoms with Gasteiger partial charge in [0.2, 0.25) is 0 Å². The summed E-state index contributed by atoms with van der Waals surface area (Å²) in [6.45, 7) is 5.52. The molecule has 0 amide bonds. The number of hydrogen-bond acceptors (Lipinski definition) is 5. The molecule has 0 aromatic rings. The number of esters is 1. The van der Waals surface area contributed by atoms with Crippen molar-refractivity contribution in [2.45, 2.75) is 33.3 Å². The van der Waals surface area contributed by atoms with E-state index in [0.717, 1.165) is 6.21 Å². The summed E-state index contributed by atoms with van der Waals surface area (Å²) < 4.78 is 4.58. The number of rotatable bonds is 6. The van der Waals surface area contributed by atoms with Crippen LogP contribution >= 0.6 is 0 Å². The Balaban J connectivity index is 3.75. The van der Waals surface area contributed by atoms with Crippen molar-refractivity contribution in [3.8, 4) is 0 Å². The van der Waals surface area contributed by atoms with Crippen molar-refractivity contribution < 1.29 is 19.2 Å². The number of Topliss-reactive ketones (excluding diaryl/α,β-unsaturated/α-hetero) is 1. The van der Waals surface area contributed by atoms with E-state index < -0.39 is 11.8 Å². The second-order valence-electron chi connectivity index (χ2n) is 2.84. The Kier molecular flexibility index (Phi) is 6.36. The zero-order valence-electron chi connectivity index (χ0n) is 8.65. The van der Waals surface area contributed by atoms with Crippen molar-refractivity contribution in [3.05, 3.63) is 0 Å². The minimum absolute atomic E-state index is 0.0818. The first kappa shape index (κ1) is 12.6. The topological polar surface area (TPSA) is 65.0 Å². The van der Waals surface area contributed by atoms with E-state index in [1.165, 1.54) is 0 Å². The summed E-state index contributed by atoms with van der Waals surface area (Å²) in [7, 11) is 0. The van der Waals surface area contributed by atoms with Gasteiger partial charge in [0.25, 0.3) is 0 Å². The normalized spacial score (nSPS) is 10.6. The van der Waals surface area contributed by atoms with E-state index in [2.05, 4.69) is 9.89 Å². The van der Waals surface area contributed by atoms with Gasteiger partial charge in [-0.25, -0.2) is 0 Å². The van der Waals surface area contributed by atoms with E-state index in [9.17, 15) is 9.59 Å². The molecule has 0 fully saturated rings. The number of ether oxygens (including phenoxy) is 1. The van der Waals surface area contributed by atoms with Gasteiger partial charge in [0.15, 0.2) is 5.78 Å². The first-order valence-electron chi connectivity index (χ1n) is 4.44. The Hall–Kier alpha value is -1.39. The van der Waals surface area contributed by atoms with Gasteiger partial charge in [-0.05, 0) is 20.8 Å². The van der Waals surface area contributed by atoms with Crippen LogP contribution in [0, 0.1) is 0 Å². The number of ketones is 1. The van der Waals surface area contributed by atoms with Crippen LogP contribution in [0.4, 0.5) is 0 Å². The van der Waals surface area contributed by atoms with Gasteiger partial charge < -0.3 is 9.57 Å². The Labute approximate surface area is 83.1 Å². The summed E-state index contributed by atoms with van der Waals surface area (Å²) in [5.41, 5.74) is 0. The minimum atomic E-state index is -0.548. The van der Waals surface area contributed by atoms with E-state index in [-0.39, 0.29) is 19.1 Å². The predicted molar refractivity (Wildman–Crippen MR) is 51.0 cm³/mol. The lowest BCUT2D eigenvalue weighted by molar-refractivity contribution is -0.144. The highest BCUT2D eigenvalue weighted by Crippen LogP contribution is 1.89. The molecule has 0 aliphatic heterocycles. The van der Waals surface area contributed by atoms with Gasteiger partial charge in [-0.1, -0.05) is 5.16 Å². The van der Waals surface area contributed by atoms with Crippen LogP contribution in [0.25, 0.3) is 0 Å². The molecule has 0 atom stereocenters. The molecule has 0 aliphatic carbocycles. The first-order valence-corrected chi connectivity index (χ1v) is 4.44. The largest absolute Gasteiger partial charge is 0.466 e. The Morgan fingerprint density at radius 3 is 2.57 bits per heavy atom. The van der Waals surface area contributed by atoms with Crippen LogP contribution < -0.4 is 0 Å². The summed E-state index contributed by atoms with van der Waals surface area (Å²) in [4.78, 5) is 26.5. The zero-order chi connectivity index (χ0) is 11.0. The summed E-state index contributed by atoms with van der Waals surface area (Å²) in [6, 6.07) is 0. The number of carbonyl (C=O) groups excluding carboxylic acids is 2. The second kappa shape index (κ2) is 7.06. The summed E-state index contributed by atoms with van der Waals surface area (Å²) in [5, 5.41) is 3.40. The molecule has 5 heteroatoms. The molecule has 14 heavy (non-hydrogen) atoms. The van der Waals surface area contributed by atoms with Crippen molar-refractivity contribution in [1.29, 1.82) is 0 Å². The molecule has 0 aromatic heterocycles. The molecular weight excluding hydrogens is 186 g/mol. The molecule has 0 unspecified atom stereocenters. The molecule has 0 saturated carbocycles. The fraction of sp³-hybridized carbons (Fsp3) is 0.667. The van der Waals surface area contributed by atoms with Gasteiger partial charge in [-0.2, -0.15) is 0 Å². The average molecular weight is 201 g/mol. The molecule has 5 nitrogen and oxygen atoms in total. The van der Waals surface area contributed by atoms with Crippen LogP contribution in [0.5, 0.6) is 0 Å². The SMILES string of the molecule is CCOC(=O)CC(=O)C=NOC(C)C. The standard InChI is InChI=1S/C9H15NO4/c1-4-13-9(12)5-8(11)6-10-14-7(2)3/h6-7H,4-5H2,1-3H3. The second-order valence-corrected chi connectivity index (χ2v) is 2.84. The highest BCUT2D eigenvalue weighted by Gasteiger charge is 2.07. The highest BCUT2D eigenvalue weighted by atomic mass is 16.6. The van der Waals surface area contributed by atoms with Crippen LogP contribution in [0.15, 0.2) is 5.16 Å². The molecule has 0 bridgehead atoms. The fourth-order valence-electron chi connectivity index (χ4n) is 0.611. The van der Waals surface area contributed by atoms with E-state index in [0.29, 0.717) is 0 Å². The van der Waals surface area contributed by atoms with Gasteiger partial charge in [-0.15, -0.1) is 0 Å². The maximum atomic E-state index is 11.0. The number of carbonyl (C=O) groups is 2. The minimum Gasteiger partial charge on any atom is -0.466 e. The predicted octanol–water partition coefficient (Wildman–Crippen LogP) is 0.920. The Bertz CT molecular complexity index is 223. The maximum Gasteiger partial charge on any atom is 0.313 e. The van der Waals surface area contributed by atoms with Crippen molar-refractivity contribution in [2.75, 3.05) is 6.61 Å². The Morgan fingerprint density at radius 1 is 1.43 bits per heavy atom. The molecule has 0 aliphatic rings. The first-order chi connectivity index (χ1) is 6.56. The van der Waals surface area contributed by atoms with Gasteiger partial charge in [0, 0.05) is 0 Å². The lowest BCUT2D eigenvalue weighted by Gasteiger charge is -2.00. The smallest absolute Gasteiger partial charge is 0.313 e. The van der Waals surface area contributed by atoms with Crippen molar-refractivity contribution >= 4 is 18.0 Å². The van der Waals surface area contributed by atoms with E-state index >= 15 is 0 Å². The molecule has 0 aromatic carbocycles.